The van der Waals surface area contributed by atoms with Crippen LogP contribution in [0, 0.1) is 0 Å². The quantitative estimate of drug-likeness (QED) is 0.840. The number of hydrogen-bond acceptors (Lipinski definition) is 3. The molecule has 0 amide bonds. The molecule has 1 aliphatic rings. The van der Waals surface area contributed by atoms with Crippen LogP contribution < -0.4 is 10.0 Å². The van der Waals surface area contributed by atoms with Gasteiger partial charge in [0.05, 0.1) is 11.9 Å². The van der Waals surface area contributed by atoms with Gasteiger partial charge in [0.25, 0.3) is 0 Å². The van der Waals surface area contributed by atoms with Gasteiger partial charge < -0.3 is 5.32 Å². The Labute approximate surface area is 102 Å². The predicted molar refractivity (Wildman–Crippen MR) is 67.6 cm³/mol. The van der Waals surface area contributed by atoms with E-state index in [-0.39, 0.29) is 12.4 Å². The fraction of sp³-hybridized carbons (Fsp3) is 0.400. The number of benzene rings is 1. The van der Waals surface area contributed by atoms with Crippen LogP contribution in [-0.4, -0.2) is 21.2 Å². The van der Waals surface area contributed by atoms with Crippen molar-refractivity contribution >= 4 is 28.1 Å². The summed E-state index contributed by atoms with van der Waals surface area (Å²) in [6, 6.07) is 5.71. The van der Waals surface area contributed by atoms with Gasteiger partial charge >= 0.3 is 0 Å². The standard InChI is InChI=1S/C10H14N2O2S.ClH/c1-15(13,14)12-10-4-2-3-8-7-11-6-5-9(8)10;/h2-4,11-12H,5-7H2,1H3;1H. The second kappa shape index (κ2) is 5.03. The Kier molecular flexibility index (Phi) is 4.18. The van der Waals surface area contributed by atoms with Gasteiger partial charge in [0, 0.05) is 6.54 Å². The van der Waals surface area contributed by atoms with Crippen LogP contribution in [0.15, 0.2) is 18.2 Å². The van der Waals surface area contributed by atoms with Crippen molar-refractivity contribution in [3.63, 3.8) is 0 Å². The molecule has 4 nitrogen and oxygen atoms in total. The second-order valence-electron chi connectivity index (χ2n) is 3.74. The molecular formula is C10H15ClN2O2S. The van der Waals surface area contributed by atoms with Gasteiger partial charge in [-0.25, -0.2) is 8.42 Å². The minimum absolute atomic E-state index is 0. The molecule has 0 radical (unpaired) electrons. The van der Waals surface area contributed by atoms with Gasteiger partial charge in [-0.2, -0.15) is 0 Å². The lowest BCUT2D eigenvalue weighted by atomic mass is 9.99. The molecule has 1 aromatic carbocycles. The van der Waals surface area contributed by atoms with Gasteiger partial charge in [-0.1, -0.05) is 12.1 Å². The van der Waals surface area contributed by atoms with E-state index in [0.29, 0.717) is 0 Å². The van der Waals surface area contributed by atoms with E-state index in [1.54, 1.807) is 0 Å². The first-order chi connectivity index (χ1) is 7.06. The molecule has 0 unspecified atom stereocenters. The van der Waals surface area contributed by atoms with E-state index in [9.17, 15) is 8.42 Å². The van der Waals surface area contributed by atoms with E-state index >= 15 is 0 Å². The van der Waals surface area contributed by atoms with Crippen LogP contribution in [-0.2, 0) is 23.0 Å². The summed E-state index contributed by atoms with van der Waals surface area (Å²) in [5, 5.41) is 3.25. The molecule has 0 aromatic heterocycles. The highest BCUT2D eigenvalue weighted by Gasteiger charge is 2.14. The number of hydrogen-bond donors (Lipinski definition) is 2. The van der Waals surface area contributed by atoms with Crippen LogP contribution in [0.4, 0.5) is 5.69 Å². The lowest BCUT2D eigenvalue weighted by Gasteiger charge is -2.20. The topological polar surface area (TPSA) is 58.2 Å². The lowest BCUT2D eigenvalue weighted by Crippen LogP contribution is -2.25. The van der Waals surface area contributed by atoms with Gasteiger partial charge in [-0.15, -0.1) is 12.4 Å². The van der Waals surface area contributed by atoms with Crippen molar-refractivity contribution in [1.82, 2.24) is 5.32 Å². The highest BCUT2D eigenvalue weighted by Crippen LogP contribution is 2.23. The van der Waals surface area contributed by atoms with Crippen LogP contribution in [0.25, 0.3) is 0 Å². The Morgan fingerprint density at radius 1 is 1.38 bits per heavy atom. The Bertz CT molecular complexity index is 474. The molecule has 16 heavy (non-hydrogen) atoms. The molecule has 1 heterocycles. The van der Waals surface area contributed by atoms with Gasteiger partial charge in [-0.05, 0) is 30.2 Å². The SMILES string of the molecule is CS(=O)(=O)Nc1cccc2c1CCNC2.Cl. The zero-order valence-corrected chi connectivity index (χ0v) is 10.6. The molecule has 0 spiro atoms. The van der Waals surface area contributed by atoms with Crippen LogP contribution in [0.2, 0.25) is 0 Å². The molecule has 2 rings (SSSR count). The van der Waals surface area contributed by atoms with Crippen molar-refractivity contribution in [2.24, 2.45) is 0 Å². The summed E-state index contributed by atoms with van der Waals surface area (Å²) in [6.07, 6.45) is 2.04. The molecule has 2 N–H and O–H groups in total. The fourth-order valence-electron chi connectivity index (χ4n) is 1.83. The molecule has 1 aliphatic heterocycles. The van der Waals surface area contributed by atoms with E-state index in [1.807, 2.05) is 18.2 Å². The van der Waals surface area contributed by atoms with Crippen LogP contribution in [0.3, 0.4) is 0 Å². The largest absolute Gasteiger partial charge is 0.312 e. The first-order valence-electron chi connectivity index (χ1n) is 4.85. The Morgan fingerprint density at radius 3 is 2.81 bits per heavy atom. The molecule has 6 heteroatoms. The number of nitrogens with one attached hydrogen (secondary N) is 2. The maximum Gasteiger partial charge on any atom is 0.229 e. The summed E-state index contributed by atoms with van der Waals surface area (Å²) in [4.78, 5) is 0. The molecule has 1 aromatic rings. The van der Waals surface area contributed by atoms with Crippen molar-refractivity contribution in [2.75, 3.05) is 17.5 Å². The van der Waals surface area contributed by atoms with Crippen molar-refractivity contribution < 1.29 is 8.42 Å². The van der Waals surface area contributed by atoms with Crippen molar-refractivity contribution in [3.05, 3.63) is 29.3 Å². The van der Waals surface area contributed by atoms with Crippen LogP contribution in [0.5, 0.6) is 0 Å². The normalized spacial score (nSPS) is 14.8. The fourth-order valence-corrected chi connectivity index (χ4v) is 2.42. The molecule has 0 atom stereocenters. The number of sulfonamides is 1. The van der Waals surface area contributed by atoms with Crippen molar-refractivity contribution in [2.45, 2.75) is 13.0 Å². The Balaban J connectivity index is 0.00000128. The lowest BCUT2D eigenvalue weighted by molar-refractivity contribution is 0.606. The number of rotatable bonds is 2. The van der Waals surface area contributed by atoms with E-state index < -0.39 is 10.0 Å². The average Bonchev–Trinajstić information content (AvgIpc) is 2.16. The number of fused-ring (bicyclic) bond motifs is 1. The summed E-state index contributed by atoms with van der Waals surface area (Å²) >= 11 is 0. The minimum atomic E-state index is -3.18. The average molecular weight is 263 g/mol. The van der Waals surface area contributed by atoms with Crippen molar-refractivity contribution in [1.29, 1.82) is 0 Å². The summed E-state index contributed by atoms with van der Waals surface area (Å²) in [5.41, 5.74) is 3.01. The number of anilines is 1. The third-order valence-corrected chi connectivity index (χ3v) is 3.03. The van der Waals surface area contributed by atoms with E-state index in [2.05, 4.69) is 10.0 Å². The first-order valence-corrected chi connectivity index (χ1v) is 6.75. The summed E-state index contributed by atoms with van der Waals surface area (Å²) < 4.78 is 24.9. The highest BCUT2D eigenvalue weighted by molar-refractivity contribution is 7.92. The van der Waals surface area contributed by atoms with E-state index in [4.69, 9.17) is 0 Å². The molecule has 0 bridgehead atoms. The zero-order valence-electron chi connectivity index (χ0n) is 8.99. The van der Waals surface area contributed by atoms with Gasteiger partial charge in [0.15, 0.2) is 0 Å². The molecule has 90 valence electrons. The third-order valence-electron chi connectivity index (χ3n) is 2.44. The molecule has 0 saturated heterocycles. The van der Waals surface area contributed by atoms with Crippen molar-refractivity contribution in [3.8, 4) is 0 Å². The molecule has 0 aliphatic carbocycles. The number of halogens is 1. The minimum Gasteiger partial charge on any atom is -0.312 e. The summed E-state index contributed by atoms with van der Waals surface area (Å²) in [6.45, 7) is 1.71. The zero-order chi connectivity index (χ0) is 10.9. The Hall–Kier alpha value is -0.780. The maximum absolute atomic E-state index is 11.2. The Morgan fingerprint density at radius 2 is 2.12 bits per heavy atom. The summed E-state index contributed by atoms with van der Waals surface area (Å²) in [5.74, 6) is 0. The molecular weight excluding hydrogens is 248 g/mol. The van der Waals surface area contributed by atoms with E-state index in [1.165, 1.54) is 11.8 Å². The second-order valence-corrected chi connectivity index (χ2v) is 5.49. The van der Waals surface area contributed by atoms with Crippen LogP contribution in [0.1, 0.15) is 11.1 Å². The molecule has 0 fully saturated rings. The van der Waals surface area contributed by atoms with E-state index in [0.717, 1.165) is 30.8 Å². The van der Waals surface area contributed by atoms with Gasteiger partial charge in [0.1, 0.15) is 0 Å². The smallest absolute Gasteiger partial charge is 0.229 e. The van der Waals surface area contributed by atoms with Gasteiger partial charge in [0.2, 0.25) is 10.0 Å². The summed E-state index contributed by atoms with van der Waals surface area (Å²) in [7, 11) is -3.18. The van der Waals surface area contributed by atoms with Gasteiger partial charge in [-0.3, -0.25) is 4.72 Å². The van der Waals surface area contributed by atoms with Crippen LogP contribution >= 0.6 is 12.4 Å². The highest BCUT2D eigenvalue weighted by atomic mass is 35.5. The predicted octanol–water partition coefficient (Wildman–Crippen LogP) is 1.13. The monoisotopic (exact) mass is 262 g/mol. The first kappa shape index (κ1) is 13.3. The third kappa shape index (κ3) is 3.10. The molecule has 0 saturated carbocycles. The maximum atomic E-state index is 11.2.